The quantitative estimate of drug-likeness (QED) is 0.307. The number of carbonyl (C=O) groups is 4. The van der Waals surface area contributed by atoms with Gasteiger partial charge in [0.15, 0.2) is 0 Å². The molecule has 10 nitrogen and oxygen atoms in total. The molecule has 0 bridgehead atoms. The standard InChI is InChI=1S/C26H20Cl2N2O8/c1-30-10-14(11-30)38-26(37)16-4-2-12(15-5-3-13(27)7-20(15)28)6-21(16)29-23(32)17-8-19(25(35)36)22(31)9-18(17)24(33)34/h2-9,14,31H,10-11H2,1H3,(H,29,32)(H,33,34)(H,35,36). The van der Waals surface area contributed by atoms with E-state index in [-0.39, 0.29) is 17.4 Å². The third-order valence-electron chi connectivity index (χ3n) is 5.88. The smallest absolute Gasteiger partial charge is 0.340 e. The lowest BCUT2D eigenvalue weighted by atomic mass is 10.00. The first kappa shape index (κ1) is 26.9. The third-order valence-corrected chi connectivity index (χ3v) is 6.42. The van der Waals surface area contributed by atoms with Gasteiger partial charge in [-0.15, -0.1) is 0 Å². The molecule has 0 spiro atoms. The fourth-order valence-electron chi connectivity index (χ4n) is 3.96. The number of halogens is 2. The van der Waals surface area contributed by atoms with Crippen molar-refractivity contribution in [1.82, 2.24) is 4.90 Å². The summed E-state index contributed by atoms with van der Waals surface area (Å²) >= 11 is 12.3. The van der Waals surface area contributed by atoms with Gasteiger partial charge >= 0.3 is 17.9 Å². The van der Waals surface area contributed by atoms with Crippen molar-refractivity contribution in [2.75, 3.05) is 25.5 Å². The second-order valence-corrected chi connectivity index (χ2v) is 9.46. The van der Waals surface area contributed by atoms with Crippen LogP contribution in [0.4, 0.5) is 5.69 Å². The number of likely N-dealkylation sites (N-methyl/N-ethyl adjacent to an activating group) is 1. The van der Waals surface area contributed by atoms with E-state index in [0.717, 1.165) is 6.07 Å². The number of carboxylic acids is 2. The highest BCUT2D eigenvalue weighted by atomic mass is 35.5. The zero-order chi connectivity index (χ0) is 27.7. The Morgan fingerprint density at radius 2 is 1.58 bits per heavy atom. The molecule has 1 aliphatic heterocycles. The Labute approximate surface area is 226 Å². The van der Waals surface area contributed by atoms with Gasteiger partial charge in [0.2, 0.25) is 0 Å². The molecule has 3 aromatic rings. The van der Waals surface area contributed by atoms with Gasteiger partial charge in [0.25, 0.3) is 5.91 Å². The Hall–Kier alpha value is -4.12. The number of nitrogens with one attached hydrogen (secondary N) is 1. The van der Waals surface area contributed by atoms with E-state index in [0.29, 0.717) is 40.3 Å². The van der Waals surface area contributed by atoms with Crippen molar-refractivity contribution < 1.29 is 39.2 Å². The molecular weight excluding hydrogens is 539 g/mol. The molecule has 1 saturated heterocycles. The zero-order valence-electron chi connectivity index (χ0n) is 19.7. The third kappa shape index (κ3) is 5.57. The number of esters is 1. The lowest BCUT2D eigenvalue weighted by Crippen LogP contribution is -2.50. The number of benzene rings is 3. The van der Waals surface area contributed by atoms with Crippen LogP contribution in [-0.4, -0.2) is 70.3 Å². The molecule has 3 aromatic carbocycles. The van der Waals surface area contributed by atoms with E-state index < -0.39 is 46.3 Å². The van der Waals surface area contributed by atoms with Crippen LogP contribution in [0.1, 0.15) is 41.4 Å². The summed E-state index contributed by atoms with van der Waals surface area (Å²) in [6.45, 7) is 1.08. The van der Waals surface area contributed by atoms with Gasteiger partial charge < -0.3 is 25.4 Å². The number of likely N-dealkylation sites (tertiary alicyclic amines) is 1. The maximum atomic E-state index is 13.2. The van der Waals surface area contributed by atoms with Crippen LogP contribution >= 0.6 is 23.2 Å². The number of carboxylic acid groups (broad SMARTS) is 2. The first-order valence-corrected chi connectivity index (χ1v) is 11.8. The Bertz CT molecular complexity index is 1480. The van der Waals surface area contributed by atoms with Crippen molar-refractivity contribution in [3.63, 3.8) is 0 Å². The molecule has 12 heteroatoms. The second kappa shape index (κ2) is 10.7. The highest BCUT2D eigenvalue weighted by molar-refractivity contribution is 6.36. The molecule has 38 heavy (non-hydrogen) atoms. The van der Waals surface area contributed by atoms with Crippen molar-refractivity contribution in [3.8, 4) is 16.9 Å². The van der Waals surface area contributed by atoms with Crippen LogP contribution in [0.3, 0.4) is 0 Å². The number of rotatable bonds is 7. The summed E-state index contributed by atoms with van der Waals surface area (Å²) < 4.78 is 5.50. The summed E-state index contributed by atoms with van der Waals surface area (Å²) in [7, 11) is 1.86. The average Bonchev–Trinajstić information content (AvgIpc) is 2.82. The van der Waals surface area contributed by atoms with Crippen LogP contribution in [0.2, 0.25) is 10.0 Å². The molecule has 0 aromatic heterocycles. The van der Waals surface area contributed by atoms with E-state index in [2.05, 4.69) is 5.32 Å². The number of amides is 1. The number of aromatic hydroxyl groups is 1. The lowest BCUT2D eigenvalue weighted by Gasteiger charge is -2.35. The van der Waals surface area contributed by atoms with Gasteiger partial charge in [0.05, 0.1) is 22.4 Å². The Morgan fingerprint density at radius 1 is 0.895 bits per heavy atom. The van der Waals surface area contributed by atoms with Crippen molar-refractivity contribution in [1.29, 1.82) is 0 Å². The summed E-state index contributed by atoms with van der Waals surface area (Å²) in [5, 5.41) is 32.0. The molecule has 0 atom stereocenters. The molecule has 0 radical (unpaired) electrons. The van der Waals surface area contributed by atoms with Gasteiger partial charge in [0.1, 0.15) is 17.4 Å². The van der Waals surface area contributed by atoms with Crippen LogP contribution < -0.4 is 5.32 Å². The second-order valence-electron chi connectivity index (χ2n) is 8.61. The van der Waals surface area contributed by atoms with E-state index in [1.54, 1.807) is 18.2 Å². The Kier molecular flexibility index (Phi) is 7.58. The maximum Gasteiger partial charge on any atom is 0.340 e. The van der Waals surface area contributed by atoms with E-state index in [1.165, 1.54) is 18.2 Å². The first-order chi connectivity index (χ1) is 17.9. The molecule has 0 aliphatic carbocycles. The molecule has 0 unspecified atom stereocenters. The van der Waals surface area contributed by atoms with Crippen LogP contribution in [-0.2, 0) is 4.74 Å². The molecule has 196 valence electrons. The molecule has 1 amide bonds. The van der Waals surface area contributed by atoms with Gasteiger partial charge in [-0.25, -0.2) is 14.4 Å². The fourth-order valence-corrected chi connectivity index (χ4v) is 4.48. The molecule has 1 fully saturated rings. The fraction of sp³-hybridized carbons (Fsp3) is 0.154. The van der Waals surface area contributed by atoms with Crippen molar-refractivity contribution in [2.24, 2.45) is 0 Å². The van der Waals surface area contributed by atoms with Gasteiger partial charge in [-0.05, 0) is 49.0 Å². The van der Waals surface area contributed by atoms with Crippen LogP contribution in [0.5, 0.6) is 5.75 Å². The van der Waals surface area contributed by atoms with Crippen molar-refractivity contribution >= 4 is 52.7 Å². The normalized spacial score (nSPS) is 13.4. The SMILES string of the molecule is CN1CC(OC(=O)c2ccc(-c3ccc(Cl)cc3Cl)cc2NC(=O)c2cc(C(=O)O)c(O)cc2C(=O)O)C1. The number of carbonyl (C=O) groups excluding carboxylic acids is 2. The Balaban J connectivity index is 1.77. The molecule has 1 heterocycles. The van der Waals surface area contributed by atoms with Gasteiger partial charge in [0, 0.05) is 28.7 Å². The number of hydrogen-bond acceptors (Lipinski definition) is 7. The molecule has 0 saturated carbocycles. The topological polar surface area (TPSA) is 153 Å². The van der Waals surface area contributed by atoms with E-state index in [4.69, 9.17) is 27.9 Å². The zero-order valence-corrected chi connectivity index (χ0v) is 21.2. The molecule has 4 N–H and O–H groups in total. The first-order valence-electron chi connectivity index (χ1n) is 11.1. The van der Waals surface area contributed by atoms with Gasteiger partial charge in [-0.2, -0.15) is 0 Å². The number of anilines is 1. The predicted molar refractivity (Wildman–Crippen MR) is 139 cm³/mol. The van der Waals surface area contributed by atoms with E-state index in [9.17, 15) is 34.5 Å². The molecular formula is C26H20Cl2N2O8. The summed E-state index contributed by atoms with van der Waals surface area (Å²) in [6, 6.07) is 10.7. The monoisotopic (exact) mass is 558 g/mol. The lowest BCUT2D eigenvalue weighted by molar-refractivity contribution is -0.0211. The van der Waals surface area contributed by atoms with Gasteiger partial charge in [-0.1, -0.05) is 35.3 Å². The highest BCUT2D eigenvalue weighted by Crippen LogP contribution is 2.34. The Morgan fingerprint density at radius 3 is 2.18 bits per heavy atom. The summed E-state index contributed by atoms with van der Waals surface area (Å²) in [5.41, 5.74) is -0.858. The number of aromatic carboxylic acids is 2. The number of nitrogens with zero attached hydrogens (tertiary/aromatic N) is 1. The molecule has 4 rings (SSSR count). The van der Waals surface area contributed by atoms with Crippen molar-refractivity contribution in [3.05, 3.63) is 80.8 Å². The van der Waals surface area contributed by atoms with Crippen LogP contribution in [0.15, 0.2) is 48.5 Å². The largest absolute Gasteiger partial charge is 0.507 e. The van der Waals surface area contributed by atoms with Crippen molar-refractivity contribution in [2.45, 2.75) is 6.10 Å². The van der Waals surface area contributed by atoms with E-state index in [1.807, 2.05) is 11.9 Å². The van der Waals surface area contributed by atoms with Crippen LogP contribution in [0, 0.1) is 0 Å². The predicted octanol–water partition coefficient (Wildman–Crippen LogP) is 4.49. The average molecular weight is 559 g/mol. The summed E-state index contributed by atoms with van der Waals surface area (Å²) in [5.74, 6) is -5.70. The van der Waals surface area contributed by atoms with E-state index >= 15 is 0 Å². The van der Waals surface area contributed by atoms with Gasteiger partial charge in [-0.3, -0.25) is 9.69 Å². The minimum absolute atomic E-state index is 0.0177. The summed E-state index contributed by atoms with van der Waals surface area (Å²) in [4.78, 5) is 51.4. The minimum atomic E-state index is -1.57. The minimum Gasteiger partial charge on any atom is -0.507 e. The number of ether oxygens (including phenoxy) is 1. The van der Waals surface area contributed by atoms with Crippen LogP contribution in [0.25, 0.3) is 11.1 Å². The maximum absolute atomic E-state index is 13.2. The molecule has 1 aliphatic rings. The number of phenols is 1. The summed E-state index contributed by atoms with van der Waals surface area (Å²) in [6.07, 6.45) is -0.338. The highest BCUT2D eigenvalue weighted by Gasteiger charge is 2.29. The number of hydrogen-bond donors (Lipinski definition) is 4.